The van der Waals surface area contributed by atoms with E-state index in [-0.39, 0.29) is 16.2 Å². The van der Waals surface area contributed by atoms with E-state index < -0.39 is 27.3 Å². The Kier molecular flexibility index (Phi) is 5.68. The molecule has 0 aromatic heterocycles. The minimum atomic E-state index is -3.90. The predicted molar refractivity (Wildman–Crippen MR) is 97.4 cm³/mol. The Balaban J connectivity index is 2.36. The SMILES string of the molecule is COc1ccc(C(=O)Nc2ccc(F)cc2)cc1S(=O)(=O)NC(C)(C)C. The van der Waals surface area contributed by atoms with Crippen molar-refractivity contribution in [2.75, 3.05) is 12.4 Å². The van der Waals surface area contributed by atoms with Crippen LogP contribution >= 0.6 is 0 Å². The predicted octanol–water partition coefficient (Wildman–Crippen LogP) is 3.16. The van der Waals surface area contributed by atoms with E-state index in [1.54, 1.807) is 20.8 Å². The number of hydrogen-bond acceptors (Lipinski definition) is 4. The summed E-state index contributed by atoms with van der Waals surface area (Å²) in [6.45, 7) is 5.13. The molecule has 0 saturated heterocycles. The van der Waals surface area contributed by atoms with Crippen LogP contribution in [0.4, 0.5) is 10.1 Å². The summed E-state index contributed by atoms with van der Waals surface area (Å²) in [5.74, 6) is -0.819. The van der Waals surface area contributed by atoms with Gasteiger partial charge in [-0.05, 0) is 63.2 Å². The van der Waals surface area contributed by atoms with Gasteiger partial charge in [0.15, 0.2) is 0 Å². The van der Waals surface area contributed by atoms with Crippen molar-refractivity contribution in [3.63, 3.8) is 0 Å². The standard InChI is InChI=1S/C18H21FN2O4S/c1-18(2,3)21-26(23,24)16-11-12(5-10-15(16)25-4)17(22)20-14-8-6-13(19)7-9-14/h5-11,21H,1-4H3,(H,20,22). The molecule has 0 aliphatic carbocycles. The van der Waals surface area contributed by atoms with Gasteiger partial charge < -0.3 is 10.1 Å². The second kappa shape index (κ2) is 7.43. The number of methoxy groups -OCH3 is 1. The summed E-state index contributed by atoms with van der Waals surface area (Å²) in [5, 5.41) is 2.59. The third-order valence-electron chi connectivity index (χ3n) is 3.26. The molecule has 0 fully saturated rings. The first-order valence-electron chi connectivity index (χ1n) is 7.81. The fraction of sp³-hybridized carbons (Fsp3) is 0.278. The van der Waals surface area contributed by atoms with Gasteiger partial charge in [0.05, 0.1) is 7.11 Å². The lowest BCUT2D eigenvalue weighted by atomic mass is 10.1. The maximum Gasteiger partial charge on any atom is 0.255 e. The number of rotatable bonds is 5. The highest BCUT2D eigenvalue weighted by atomic mass is 32.2. The number of benzene rings is 2. The van der Waals surface area contributed by atoms with Crippen LogP contribution in [0.5, 0.6) is 5.75 Å². The molecule has 6 nitrogen and oxygen atoms in total. The Morgan fingerprint density at radius 2 is 1.69 bits per heavy atom. The van der Waals surface area contributed by atoms with E-state index in [0.717, 1.165) is 0 Å². The van der Waals surface area contributed by atoms with Gasteiger partial charge in [0.25, 0.3) is 5.91 Å². The number of carbonyl (C=O) groups excluding carboxylic acids is 1. The third kappa shape index (κ3) is 5.03. The Morgan fingerprint density at radius 1 is 1.08 bits per heavy atom. The van der Waals surface area contributed by atoms with Gasteiger partial charge in [0.1, 0.15) is 16.5 Å². The van der Waals surface area contributed by atoms with Gasteiger partial charge in [-0.2, -0.15) is 0 Å². The fourth-order valence-electron chi connectivity index (χ4n) is 2.22. The molecule has 0 atom stereocenters. The van der Waals surface area contributed by atoms with E-state index in [2.05, 4.69) is 10.0 Å². The molecule has 0 heterocycles. The molecule has 2 aromatic rings. The normalized spacial score (nSPS) is 11.9. The first-order valence-corrected chi connectivity index (χ1v) is 9.29. The summed E-state index contributed by atoms with van der Waals surface area (Å²) >= 11 is 0. The number of nitrogens with one attached hydrogen (secondary N) is 2. The number of carbonyl (C=O) groups is 1. The van der Waals surface area contributed by atoms with Gasteiger partial charge in [-0.15, -0.1) is 0 Å². The van der Waals surface area contributed by atoms with Gasteiger partial charge in [0.2, 0.25) is 10.0 Å². The largest absolute Gasteiger partial charge is 0.495 e. The highest BCUT2D eigenvalue weighted by Gasteiger charge is 2.26. The maximum absolute atomic E-state index is 12.9. The van der Waals surface area contributed by atoms with Crippen molar-refractivity contribution in [2.24, 2.45) is 0 Å². The molecule has 0 unspecified atom stereocenters. The van der Waals surface area contributed by atoms with Crippen molar-refractivity contribution in [2.45, 2.75) is 31.2 Å². The van der Waals surface area contributed by atoms with Crippen LogP contribution < -0.4 is 14.8 Å². The van der Waals surface area contributed by atoms with Crippen LogP contribution in [0.15, 0.2) is 47.4 Å². The maximum atomic E-state index is 12.9. The van der Waals surface area contributed by atoms with Crippen molar-refractivity contribution in [3.05, 3.63) is 53.8 Å². The highest BCUT2D eigenvalue weighted by molar-refractivity contribution is 7.89. The monoisotopic (exact) mass is 380 g/mol. The van der Waals surface area contributed by atoms with Gasteiger partial charge >= 0.3 is 0 Å². The van der Waals surface area contributed by atoms with E-state index in [9.17, 15) is 17.6 Å². The van der Waals surface area contributed by atoms with Crippen LogP contribution in [-0.2, 0) is 10.0 Å². The number of ether oxygens (including phenoxy) is 1. The molecule has 2 rings (SSSR count). The molecule has 0 aliphatic rings. The third-order valence-corrected chi connectivity index (χ3v) is 5.04. The van der Waals surface area contributed by atoms with E-state index in [1.165, 1.54) is 49.6 Å². The van der Waals surface area contributed by atoms with Crippen molar-refractivity contribution >= 4 is 21.6 Å². The lowest BCUT2D eigenvalue weighted by molar-refractivity contribution is 0.102. The molecule has 0 spiro atoms. The van der Waals surface area contributed by atoms with Gasteiger partial charge in [-0.1, -0.05) is 0 Å². The van der Waals surface area contributed by atoms with Gasteiger partial charge in [-0.25, -0.2) is 17.5 Å². The first-order chi connectivity index (χ1) is 12.0. The molecule has 2 N–H and O–H groups in total. The number of sulfonamides is 1. The molecule has 2 aromatic carbocycles. The van der Waals surface area contributed by atoms with E-state index in [1.807, 2.05) is 0 Å². The van der Waals surface area contributed by atoms with Gasteiger partial charge in [-0.3, -0.25) is 4.79 Å². The minimum Gasteiger partial charge on any atom is -0.495 e. The molecule has 0 saturated carbocycles. The Bertz CT molecular complexity index is 904. The summed E-state index contributed by atoms with van der Waals surface area (Å²) < 4.78 is 45.9. The summed E-state index contributed by atoms with van der Waals surface area (Å²) in [5.41, 5.74) is -0.176. The minimum absolute atomic E-state index is 0.125. The smallest absolute Gasteiger partial charge is 0.255 e. The van der Waals surface area contributed by atoms with Crippen LogP contribution in [0.1, 0.15) is 31.1 Å². The van der Waals surface area contributed by atoms with Crippen molar-refractivity contribution in [3.8, 4) is 5.75 Å². The zero-order valence-corrected chi connectivity index (χ0v) is 15.8. The zero-order valence-electron chi connectivity index (χ0n) is 15.0. The zero-order chi connectivity index (χ0) is 19.5. The Morgan fingerprint density at radius 3 is 2.23 bits per heavy atom. The van der Waals surface area contributed by atoms with Crippen molar-refractivity contribution in [1.29, 1.82) is 0 Å². The summed E-state index contributed by atoms with van der Waals surface area (Å²) in [4.78, 5) is 12.3. The summed E-state index contributed by atoms with van der Waals surface area (Å²) in [7, 11) is -2.55. The number of anilines is 1. The lowest BCUT2D eigenvalue weighted by Crippen LogP contribution is -2.40. The van der Waals surface area contributed by atoms with E-state index in [0.29, 0.717) is 5.69 Å². The van der Waals surface area contributed by atoms with Crippen LogP contribution in [0.3, 0.4) is 0 Å². The molecule has 0 aliphatic heterocycles. The number of amides is 1. The molecule has 8 heteroatoms. The second-order valence-electron chi connectivity index (χ2n) is 6.68. The van der Waals surface area contributed by atoms with Crippen LogP contribution in [0.2, 0.25) is 0 Å². The molecular formula is C18H21FN2O4S. The molecule has 26 heavy (non-hydrogen) atoms. The summed E-state index contributed by atoms with van der Waals surface area (Å²) in [6, 6.07) is 9.36. The van der Waals surface area contributed by atoms with Gasteiger partial charge in [0, 0.05) is 16.8 Å². The van der Waals surface area contributed by atoms with Crippen molar-refractivity contribution in [1.82, 2.24) is 4.72 Å². The van der Waals surface area contributed by atoms with E-state index in [4.69, 9.17) is 4.74 Å². The summed E-state index contributed by atoms with van der Waals surface area (Å²) in [6.07, 6.45) is 0. The number of halogens is 1. The highest BCUT2D eigenvalue weighted by Crippen LogP contribution is 2.26. The fourth-order valence-corrected chi connectivity index (χ4v) is 3.84. The molecule has 140 valence electrons. The molecule has 0 bridgehead atoms. The lowest BCUT2D eigenvalue weighted by Gasteiger charge is -2.21. The Hall–Kier alpha value is -2.45. The quantitative estimate of drug-likeness (QED) is 0.834. The van der Waals surface area contributed by atoms with Crippen LogP contribution in [0.25, 0.3) is 0 Å². The Labute approximate surface area is 152 Å². The first kappa shape index (κ1) is 19.9. The van der Waals surface area contributed by atoms with Crippen LogP contribution in [-0.4, -0.2) is 27.0 Å². The molecule has 0 radical (unpaired) electrons. The molecular weight excluding hydrogens is 359 g/mol. The topological polar surface area (TPSA) is 84.5 Å². The second-order valence-corrected chi connectivity index (χ2v) is 8.33. The van der Waals surface area contributed by atoms with Crippen molar-refractivity contribution < 1.29 is 22.3 Å². The number of hydrogen-bond donors (Lipinski definition) is 2. The average Bonchev–Trinajstić information content (AvgIpc) is 2.54. The van der Waals surface area contributed by atoms with E-state index >= 15 is 0 Å². The molecule has 1 amide bonds. The van der Waals surface area contributed by atoms with Crippen LogP contribution in [0, 0.1) is 5.82 Å². The average molecular weight is 380 g/mol.